The number of hydrogen-bond donors (Lipinski definition) is 1. The van der Waals surface area contributed by atoms with Crippen LogP contribution in [0.1, 0.15) is 15.9 Å². The predicted molar refractivity (Wildman–Crippen MR) is 107 cm³/mol. The van der Waals surface area contributed by atoms with Crippen molar-refractivity contribution in [2.24, 2.45) is 0 Å². The summed E-state index contributed by atoms with van der Waals surface area (Å²) in [5.41, 5.74) is 0.615. The number of esters is 1. The van der Waals surface area contributed by atoms with Crippen molar-refractivity contribution < 1.29 is 23.5 Å². The van der Waals surface area contributed by atoms with E-state index in [9.17, 15) is 14.4 Å². The van der Waals surface area contributed by atoms with Gasteiger partial charge in [-0.3, -0.25) is 4.79 Å². The van der Waals surface area contributed by atoms with Gasteiger partial charge in [-0.25, -0.2) is 9.59 Å². The summed E-state index contributed by atoms with van der Waals surface area (Å²) in [6, 6.07) is 11.6. The Labute approximate surface area is 171 Å². The highest BCUT2D eigenvalue weighted by Crippen LogP contribution is 2.23. The Morgan fingerprint density at radius 2 is 1.83 bits per heavy atom. The number of amides is 1. The van der Waals surface area contributed by atoms with Crippen LogP contribution in [0.15, 0.2) is 57.7 Å². The Kier molecular flexibility index (Phi) is 6.19. The fraction of sp³-hybridized carbons (Fsp3) is 0.190. The maximum absolute atomic E-state index is 12.5. The molecule has 1 heterocycles. The zero-order valence-electron chi connectivity index (χ0n) is 15.7. The number of carbonyl (C=O) groups is 2. The first kappa shape index (κ1) is 20.4. The van der Waals surface area contributed by atoms with Crippen molar-refractivity contribution in [1.29, 1.82) is 0 Å². The van der Waals surface area contributed by atoms with Gasteiger partial charge in [0.1, 0.15) is 17.4 Å². The van der Waals surface area contributed by atoms with Crippen LogP contribution in [0, 0.1) is 0 Å². The van der Waals surface area contributed by atoms with E-state index < -0.39 is 23.5 Å². The summed E-state index contributed by atoms with van der Waals surface area (Å²) in [6.07, 6.45) is 0.0421. The van der Waals surface area contributed by atoms with Gasteiger partial charge in [-0.1, -0.05) is 11.6 Å². The summed E-state index contributed by atoms with van der Waals surface area (Å²) >= 11 is 5.84. The van der Waals surface area contributed by atoms with Crippen LogP contribution in [0.3, 0.4) is 0 Å². The minimum Gasteiger partial charge on any atom is -0.497 e. The Bertz CT molecular complexity index is 1110. The van der Waals surface area contributed by atoms with Crippen molar-refractivity contribution in [1.82, 2.24) is 5.32 Å². The smallest absolute Gasteiger partial charge is 0.336 e. The number of benzene rings is 2. The molecule has 1 atom stereocenters. The lowest BCUT2D eigenvalue weighted by atomic mass is 10.0. The Morgan fingerprint density at radius 1 is 1.10 bits per heavy atom. The Hall–Kier alpha value is -3.32. The van der Waals surface area contributed by atoms with Gasteiger partial charge in [0.15, 0.2) is 0 Å². The minimum atomic E-state index is -1.00. The van der Waals surface area contributed by atoms with E-state index in [-0.39, 0.29) is 6.42 Å². The highest BCUT2D eigenvalue weighted by molar-refractivity contribution is 6.30. The monoisotopic (exact) mass is 415 g/mol. The van der Waals surface area contributed by atoms with Gasteiger partial charge in [-0.15, -0.1) is 0 Å². The SMILES string of the molecule is COC(=O)[C@H](Cc1cc(=O)oc2cc(OC)ccc12)NC(=O)c1ccc(Cl)cc1. The number of carbonyl (C=O) groups excluding carboxylic acids is 2. The second-order valence-electron chi connectivity index (χ2n) is 6.21. The van der Waals surface area contributed by atoms with Crippen LogP contribution < -0.4 is 15.7 Å². The number of fused-ring (bicyclic) bond motifs is 1. The molecule has 0 bridgehead atoms. The lowest BCUT2D eigenvalue weighted by Crippen LogP contribution is -2.43. The molecule has 0 saturated heterocycles. The average molecular weight is 416 g/mol. The Balaban J connectivity index is 1.92. The number of halogens is 1. The highest BCUT2D eigenvalue weighted by atomic mass is 35.5. The number of methoxy groups -OCH3 is 2. The number of ether oxygens (including phenoxy) is 2. The molecule has 0 aliphatic carbocycles. The third-order valence-electron chi connectivity index (χ3n) is 4.36. The van der Waals surface area contributed by atoms with Crippen molar-refractivity contribution in [3.63, 3.8) is 0 Å². The van der Waals surface area contributed by atoms with E-state index in [1.165, 1.54) is 20.3 Å². The van der Waals surface area contributed by atoms with Crippen LogP contribution in [0.4, 0.5) is 0 Å². The maximum atomic E-state index is 12.5. The molecule has 0 unspecified atom stereocenters. The van der Waals surface area contributed by atoms with Crippen molar-refractivity contribution in [2.45, 2.75) is 12.5 Å². The van der Waals surface area contributed by atoms with Crippen LogP contribution in [0.2, 0.25) is 5.02 Å². The van der Waals surface area contributed by atoms with E-state index in [1.54, 1.807) is 42.5 Å². The first-order valence-electron chi connectivity index (χ1n) is 8.66. The zero-order valence-corrected chi connectivity index (χ0v) is 16.5. The molecule has 0 saturated carbocycles. The summed E-state index contributed by atoms with van der Waals surface area (Å²) < 4.78 is 15.2. The minimum absolute atomic E-state index is 0.0421. The molecule has 1 aromatic heterocycles. The molecule has 7 nitrogen and oxygen atoms in total. The fourth-order valence-corrected chi connectivity index (χ4v) is 3.03. The van der Waals surface area contributed by atoms with Crippen LogP contribution in [-0.2, 0) is 16.0 Å². The molecule has 1 amide bonds. The molecule has 3 rings (SSSR count). The number of nitrogens with one attached hydrogen (secondary N) is 1. The van der Waals surface area contributed by atoms with E-state index >= 15 is 0 Å². The molecular weight excluding hydrogens is 398 g/mol. The van der Waals surface area contributed by atoms with E-state index in [0.29, 0.717) is 32.9 Å². The lowest BCUT2D eigenvalue weighted by molar-refractivity contribution is -0.142. The van der Waals surface area contributed by atoms with E-state index in [1.807, 2.05) is 0 Å². The van der Waals surface area contributed by atoms with Crippen LogP contribution in [0.5, 0.6) is 5.75 Å². The molecule has 0 fully saturated rings. The van der Waals surface area contributed by atoms with Crippen LogP contribution >= 0.6 is 11.6 Å². The van der Waals surface area contributed by atoms with Crippen LogP contribution in [0.25, 0.3) is 11.0 Å². The topological polar surface area (TPSA) is 94.8 Å². The molecule has 150 valence electrons. The summed E-state index contributed by atoms with van der Waals surface area (Å²) in [4.78, 5) is 36.8. The molecular formula is C21H18ClNO6. The maximum Gasteiger partial charge on any atom is 0.336 e. The summed E-state index contributed by atoms with van der Waals surface area (Å²) in [5.74, 6) is -0.577. The van der Waals surface area contributed by atoms with E-state index in [2.05, 4.69) is 5.32 Å². The second-order valence-corrected chi connectivity index (χ2v) is 6.65. The molecule has 2 aromatic carbocycles. The van der Waals surface area contributed by atoms with Crippen molar-refractivity contribution in [2.75, 3.05) is 14.2 Å². The summed E-state index contributed by atoms with van der Waals surface area (Å²) in [7, 11) is 2.73. The molecule has 0 spiro atoms. The zero-order chi connectivity index (χ0) is 21.0. The normalized spacial score (nSPS) is 11.7. The first-order chi connectivity index (χ1) is 13.9. The van der Waals surface area contributed by atoms with Gasteiger partial charge in [0.2, 0.25) is 0 Å². The largest absolute Gasteiger partial charge is 0.497 e. The van der Waals surface area contributed by atoms with Crippen molar-refractivity contribution in [3.05, 3.63) is 75.1 Å². The molecule has 0 radical (unpaired) electrons. The van der Waals surface area contributed by atoms with Crippen LogP contribution in [-0.4, -0.2) is 32.1 Å². The molecule has 0 aliphatic rings. The van der Waals surface area contributed by atoms with Crippen molar-refractivity contribution in [3.8, 4) is 5.75 Å². The molecule has 29 heavy (non-hydrogen) atoms. The average Bonchev–Trinajstić information content (AvgIpc) is 2.72. The standard InChI is InChI=1S/C21H18ClNO6/c1-27-15-7-8-16-13(10-19(24)29-18(16)11-15)9-17(21(26)28-2)23-20(25)12-3-5-14(22)6-4-12/h3-8,10-11,17H,9H2,1-2H3,(H,23,25)/t17-/m0/s1. The molecule has 3 aromatic rings. The van der Waals surface area contributed by atoms with Gasteiger partial charge in [-0.05, 0) is 42.0 Å². The predicted octanol–water partition coefficient (Wildman–Crippen LogP) is 2.97. The van der Waals surface area contributed by atoms with Gasteiger partial charge >= 0.3 is 11.6 Å². The van der Waals surface area contributed by atoms with E-state index in [4.69, 9.17) is 25.5 Å². The summed E-state index contributed by atoms with van der Waals surface area (Å²) in [5, 5.41) is 3.76. The van der Waals surface area contributed by atoms with Gasteiger partial charge in [0.25, 0.3) is 5.91 Å². The highest BCUT2D eigenvalue weighted by Gasteiger charge is 2.24. The van der Waals surface area contributed by atoms with Gasteiger partial charge in [0, 0.05) is 34.5 Å². The molecule has 0 aliphatic heterocycles. The van der Waals surface area contributed by atoms with E-state index in [0.717, 1.165) is 0 Å². The first-order valence-corrected chi connectivity index (χ1v) is 9.04. The van der Waals surface area contributed by atoms with Gasteiger partial charge < -0.3 is 19.2 Å². The number of rotatable bonds is 6. The Morgan fingerprint density at radius 3 is 2.48 bits per heavy atom. The summed E-state index contributed by atoms with van der Waals surface area (Å²) in [6.45, 7) is 0. The third-order valence-corrected chi connectivity index (χ3v) is 4.61. The molecule has 1 N–H and O–H groups in total. The van der Waals surface area contributed by atoms with Gasteiger partial charge in [-0.2, -0.15) is 0 Å². The van der Waals surface area contributed by atoms with Crippen molar-refractivity contribution >= 4 is 34.4 Å². The third kappa shape index (κ3) is 4.75. The lowest BCUT2D eigenvalue weighted by Gasteiger charge is -2.17. The second kappa shape index (κ2) is 8.79. The quantitative estimate of drug-likeness (QED) is 0.491. The number of hydrogen-bond acceptors (Lipinski definition) is 6. The molecule has 8 heteroatoms. The van der Waals surface area contributed by atoms with Gasteiger partial charge in [0.05, 0.1) is 14.2 Å². The fourth-order valence-electron chi connectivity index (χ4n) is 2.90.